The van der Waals surface area contributed by atoms with Crippen LogP contribution in [0, 0.1) is 11.8 Å². The van der Waals surface area contributed by atoms with E-state index in [4.69, 9.17) is 4.74 Å². The number of aliphatic hydroxyl groups excluding tert-OH is 1. The molecule has 0 aliphatic carbocycles. The van der Waals surface area contributed by atoms with E-state index < -0.39 is 54.4 Å². The van der Waals surface area contributed by atoms with E-state index >= 15 is 0 Å². The smallest absolute Gasteiger partial charge is 0.326 e. The van der Waals surface area contributed by atoms with Crippen LogP contribution in [0.5, 0.6) is 5.75 Å². The minimum Gasteiger partial charge on any atom is -0.480 e. The lowest BCUT2D eigenvalue weighted by molar-refractivity contribution is -0.144. The molecule has 242 valence electrons. The van der Waals surface area contributed by atoms with Crippen molar-refractivity contribution >= 4 is 34.5 Å². The molecule has 0 bridgehead atoms. The molecule has 10 heteroatoms. The standard InChI is InChI=1S/C35H45N3O7/c1-5-25(34(42)36-21-22(2)3)19-30(39)28(18-24-12-7-6-8-13-24)37-32(40)20-29(35(43)44)38-33(41)23(4)45-31-17-11-15-26-14-9-10-16-27(26)31/h6-17,22-23,25,28-30,39H,5,18-21H2,1-4H3,(H,36,42)(H,37,40)(H,38,41)(H,43,44)/t23?,25-,28+,29+,30+/m1/s1. The minimum absolute atomic E-state index is 0.111. The summed E-state index contributed by atoms with van der Waals surface area (Å²) in [6.07, 6.45) is -1.82. The maximum Gasteiger partial charge on any atom is 0.326 e. The van der Waals surface area contributed by atoms with Crippen molar-refractivity contribution in [2.45, 2.75) is 77.7 Å². The Balaban J connectivity index is 1.67. The van der Waals surface area contributed by atoms with Crippen LogP contribution in [0.3, 0.4) is 0 Å². The van der Waals surface area contributed by atoms with Crippen LogP contribution in [0.1, 0.15) is 52.5 Å². The van der Waals surface area contributed by atoms with Gasteiger partial charge in [0.15, 0.2) is 6.10 Å². The van der Waals surface area contributed by atoms with Crippen molar-refractivity contribution in [1.82, 2.24) is 16.0 Å². The summed E-state index contributed by atoms with van der Waals surface area (Å²) in [5, 5.41) is 30.9. The number of carboxylic acid groups (broad SMARTS) is 1. The van der Waals surface area contributed by atoms with Crippen molar-refractivity contribution in [1.29, 1.82) is 0 Å². The number of fused-ring (bicyclic) bond motifs is 1. The number of carbonyl (C=O) groups excluding carboxylic acids is 3. The molecule has 0 spiro atoms. The Bertz CT molecular complexity index is 1420. The fourth-order valence-corrected chi connectivity index (χ4v) is 5.00. The number of aliphatic carboxylic acids is 1. The summed E-state index contributed by atoms with van der Waals surface area (Å²) < 4.78 is 5.86. The third-order valence-corrected chi connectivity index (χ3v) is 7.61. The molecule has 0 aromatic heterocycles. The Morgan fingerprint density at radius 2 is 1.51 bits per heavy atom. The number of rotatable bonds is 17. The van der Waals surface area contributed by atoms with Crippen LogP contribution in [0.15, 0.2) is 72.8 Å². The lowest BCUT2D eigenvalue weighted by atomic mass is 9.91. The average Bonchev–Trinajstić information content (AvgIpc) is 3.02. The highest BCUT2D eigenvalue weighted by molar-refractivity contribution is 5.91. The summed E-state index contributed by atoms with van der Waals surface area (Å²) in [4.78, 5) is 51.0. The van der Waals surface area contributed by atoms with Crippen molar-refractivity contribution in [2.75, 3.05) is 6.54 Å². The predicted molar refractivity (Wildman–Crippen MR) is 173 cm³/mol. The SMILES string of the molecule is CC[C@H](C[C@H](O)[C@H](Cc1ccccc1)NC(=O)C[C@H](NC(=O)C(C)Oc1cccc2ccccc12)C(=O)O)C(=O)NCC(C)C. The van der Waals surface area contributed by atoms with Crippen LogP contribution in [0.4, 0.5) is 0 Å². The highest BCUT2D eigenvalue weighted by Gasteiger charge is 2.31. The van der Waals surface area contributed by atoms with Gasteiger partial charge in [-0.2, -0.15) is 0 Å². The van der Waals surface area contributed by atoms with Gasteiger partial charge in [-0.3, -0.25) is 14.4 Å². The van der Waals surface area contributed by atoms with Crippen LogP contribution < -0.4 is 20.7 Å². The van der Waals surface area contributed by atoms with E-state index in [9.17, 15) is 29.4 Å². The van der Waals surface area contributed by atoms with Gasteiger partial charge in [-0.1, -0.05) is 87.5 Å². The molecule has 3 amide bonds. The largest absolute Gasteiger partial charge is 0.480 e. The van der Waals surface area contributed by atoms with Gasteiger partial charge < -0.3 is 30.9 Å². The van der Waals surface area contributed by atoms with Crippen LogP contribution in [0.25, 0.3) is 10.8 Å². The van der Waals surface area contributed by atoms with Gasteiger partial charge in [-0.05, 0) is 49.1 Å². The lowest BCUT2D eigenvalue weighted by Crippen LogP contribution is -2.51. The van der Waals surface area contributed by atoms with Crippen LogP contribution in [0.2, 0.25) is 0 Å². The summed E-state index contributed by atoms with van der Waals surface area (Å²) in [5.41, 5.74) is 0.849. The van der Waals surface area contributed by atoms with E-state index in [1.165, 1.54) is 6.92 Å². The minimum atomic E-state index is -1.53. The van der Waals surface area contributed by atoms with Gasteiger partial charge in [-0.25, -0.2) is 4.79 Å². The number of hydrogen-bond acceptors (Lipinski definition) is 6. The second kappa shape index (κ2) is 17.2. The molecular weight excluding hydrogens is 574 g/mol. The molecule has 5 N–H and O–H groups in total. The first-order valence-corrected chi connectivity index (χ1v) is 15.4. The van der Waals surface area contributed by atoms with Crippen molar-refractivity contribution in [3.8, 4) is 5.75 Å². The predicted octanol–water partition coefficient (Wildman–Crippen LogP) is 3.84. The molecule has 0 saturated heterocycles. The summed E-state index contributed by atoms with van der Waals surface area (Å²) in [5.74, 6) is -2.63. The third-order valence-electron chi connectivity index (χ3n) is 7.61. The number of nitrogens with one attached hydrogen (secondary N) is 3. The normalized spacial score (nSPS) is 14.5. The summed E-state index contributed by atoms with van der Waals surface area (Å²) in [7, 11) is 0. The third kappa shape index (κ3) is 10.9. The van der Waals surface area contributed by atoms with Crippen LogP contribution >= 0.6 is 0 Å². The second-order valence-electron chi connectivity index (χ2n) is 11.8. The van der Waals surface area contributed by atoms with Crippen molar-refractivity contribution in [2.24, 2.45) is 11.8 Å². The summed E-state index contributed by atoms with van der Waals surface area (Å²) >= 11 is 0. The molecule has 0 aliphatic heterocycles. The molecule has 1 unspecified atom stereocenters. The van der Waals surface area contributed by atoms with E-state index in [0.29, 0.717) is 18.7 Å². The molecule has 5 atom stereocenters. The van der Waals surface area contributed by atoms with E-state index in [2.05, 4.69) is 16.0 Å². The van der Waals surface area contributed by atoms with Gasteiger partial charge in [0.25, 0.3) is 5.91 Å². The molecule has 0 aliphatic rings. The van der Waals surface area contributed by atoms with Crippen molar-refractivity contribution in [3.05, 3.63) is 78.4 Å². The average molecular weight is 620 g/mol. The van der Waals surface area contributed by atoms with E-state index in [-0.39, 0.29) is 24.7 Å². The van der Waals surface area contributed by atoms with E-state index in [0.717, 1.165) is 16.3 Å². The Morgan fingerprint density at radius 3 is 2.18 bits per heavy atom. The monoisotopic (exact) mass is 619 g/mol. The van der Waals surface area contributed by atoms with Gasteiger partial charge in [-0.15, -0.1) is 0 Å². The van der Waals surface area contributed by atoms with Gasteiger partial charge in [0.1, 0.15) is 11.8 Å². The second-order valence-corrected chi connectivity index (χ2v) is 11.8. The highest BCUT2D eigenvalue weighted by atomic mass is 16.5. The van der Waals surface area contributed by atoms with Gasteiger partial charge in [0.05, 0.1) is 18.6 Å². The molecule has 0 fully saturated rings. The zero-order valence-corrected chi connectivity index (χ0v) is 26.4. The molecule has 10 nitrogen and oxygen atoms in total. The maximum absolute atomic E-state index is 13.2. The topological polar surface area (TPSA) is 154 Å². The molecule has 3 aromatic carbocycles. The number of aliphatic hydroxyl groups is 1. The summed E-state index contributed by atoms with van der Waals surface area (Å²) in [6.45, 7) is 7.87. The van der Waals surface area contributed by atoms with Crippen LogP contribution in [-0.2, 0) is 25.6 Å². The Labute approximate surface area is 264 Å². The molecule has 0 saturated carbocycles. The lowest BCUT2D eigenvalue weighted by Gasteiger charge is -2.28. The first kappa shape index (κ1) is 35.0. The quantitative estimate of drug-likeness (QED) is 0.154. The number of hydrogen-bond donors (Lipinski definition) is 5. The fourth-order valence-electron chi connectivity index (χ4n) is 5.00. The molecule has 0 radical (unpaired) electrons. The van der Waals surface area contributed by atoms with Crippen molar-refractivity contribution < 1.29 is 34.1 Å². The molecule has 45 heavy (non-hydrogen) atoms. The Morgan fingerprint density at radius 1 is 0.844 bits per heavy atom. The van der Waals surface area contributed by atoms with Gasteiger partial charge in [0.2, 0.25) is 11.8 Å². The molecule has 0 heterocycles. The number of carboxylic acids is 1. The fraction of sp³-hybridized carbons (Fsp3) is 0.429. The molecule has 3 rings (SSSR count). The van der Waals surface area contributed by atoms with E-state index in [1.54, 1.807) is 12.1 Å². The zero-order valence-electron chi connectivity index (χ0n) is 26.4. The molecule has 3 aromatic rings. The van der Waals surface area contributed by atoms with E-state index in [1.807, 2.05) is 81.4 Å². The Kier molecular flexibility index (Phi) is 13.4. The zero-order chi connectivity index (χ0) is 32.9. The summed E-state index contributed by atoms with van der Waals surface area (Å²) in [6, 6.07) is 19.9. The van der Waals surface area contributed by atoms with Gasteiger partial charge in [0, 0.05) is 17.8 Å². The maximum atomic E-state index is 13.2. The van der Waals surface area contributed by atoms with Crippen molar-refractivity contribution in [3.63, 3.8) is 0 Å². The first-order chi connectivity index (χ1) is 21.5. The van der Waals surface area contributed by atoms with Crippen LogP contribution in [-0.4, -0.2) is 64.7 Å². The van der Waals surface area contributed by atoms with Gasteiger partial charge >= 0.3 is 5.97 Å². The number of benzene rings is 3. The highest BCUT2D eigenvalue weighted by Crippen LogP contribution is 2.26. The number of carbonyl (C=O) groups is 4. The first-order valence-electron chi connectivity index (χ1n) is 15.4. The number of amides is 3. The number of ether oxygens (including phenoxy) is 1. The molecular formula is C35H45N3O7. The Hall–Kier alpha value is -4.44.